The Labute approximate surface area is 136 Å². The number of nitrogens with one attached hydrogen (secondary N) is 1. The summed E-state index contributed by atoms with van der Waals surface area (Å²) >= 11 is 7.04. The predicted octanol–water partition coefficient (Wildman–Crippen LogP) is 4.60. The zero-order chi connectivity index (χ0) is 14.5. The van der Waals surface area contributed by atoms with Gasteiger partial charge in [0.15, 0.2) is 0 Å². The van der Waals surface area contributed by atoms with E-state index in [1.54, 1.807) is 0 Å². The molecule has 106 valence electrons. The number of rotatable bonds is 5. The van der Waals surface area contributed by atoms with Crippen molar-refractivity contribution < 1.29 is 5.11 Å². The van der Waals surface area contributed by atoms with E-state index in [2.05, 4.69) is 50.2 Å². The molecule has 2 aromatic rings. The molecule has 2 nitrogen and oxygen atoms in total. The fourth-order valence-corrected chi connectivity index (χ4v) is 3.57. The van der Waals surface area contributed by atoms with Crippen LogP contribution in [0.25, 0.3) is 0 Å². The second-order valence-corrected chi connectivity index (χ2v) is 6.47. The second kappa shape index (κ2) is 7.36. The first-order valence-electron chi connectivity index (χ1n) is 6.48. The lowest BCUT2D eigenvalue weighted by molar-refractivity contribution is 0.235. The summed E-state index contributed by atoms with van der Waals surface area (Å²) in [5, 5.41) is 13.1. The van der Waals surface area contributed by atoms with E-state index in [0.717, 1.165) is 14.5 Å². The molecule has 0 aliphatic heterocycles. The highest BCUT2D eigenvalue weighted by atomic mass is 79.9. The number of aliphatic hydroxyl groups excluding tert-OH is 1. The van der Waals surface area contributed by atoms with Crippen molar-refractivity contribution >= 4 is 31.9 Å². The van der Waals surface area contributed by atoms with Gasteiger partial charge in [0, 0.05) is 15.0 Å². The summed E-state index contributed by atoms with van der Waals surface area (Å²) < 4.78 is 2.10. The summed E-state index contributed by atoms with van der Waals surface area (Å²) in [5.74, 6) is 0. The van der Waals surface area contributed by atoms with Crippen molar-refractivity contribution in [1.29, 1.82) is 0 Å². The van der Waals surface area contributed by atoms with E-state index in [0.29, 0.717) is 0 Å². The molecule has 2 rings (SSSR count). The fourth-order valence-electron chi connectivity index (χ4n) is 2.18. The van der Waals surface area contributed by atoms with Crippen LogP contribution in [0, 0.1) is 0 Å². The maximum absolute atomic E-state index is 9.61. The summed E-state index contributed by atoms with van der Waals surface area (Å²) in [6.45, 7) is 2.17. The topological polar surface area (TPSA) is 32.3 Å². The molecule has 0 saturated heterocycles. The average molecular weight is 399 g/mol. The SMILES string of the molecule is CC(NC(CO)c1ccccc1)c1ccc(Br)cc1Br. The lowest BCUT2D eigenvalue weighted by atomic mass is 10.0. The van der Waals surface area contributed by atoms with Gasteiger partial charge in [0.05, 0.1) is 12.6 Å². The number of aliphatic hydroxyl groups is 1. The fraction of sp³-hybridized carbons (Fsp3) is 0.250. The van der Waals surface area contributed by atoms with Gasteiger partial charge in [-0.25, -0.2) is 0 Å². The molecule has 0 aliphatic carbocycles. The highest BCUT2D eigenvalue weighted by molar-refractivity contribution is 9.11. The van der Waals surface area contributed by atoms with E-state index >= 15 is 0 Å². The number of hydrogen-bond donors (Lipinski definition) is 2. The van der Waals surface area contributed by atoms with Crippen LogP contribution in [0.1, 0.15) is 30.1 Å². The highest BCUT2D eigenvalue weighted by Gasteiger charge is 2.16. The molecular weight excluding hydrogens is 382 g/mol. The van der Waals surface area contributed by atoms with Gasteiger partial charge in [-0.1, -0.05) is 68.3 Å². The highest BCUT2D eigenvalue weighted by Crippen LogP contribution is 2.28. The minimum absolute atomic E-state index is 0.0678. The van der Waals surface area contributed by atoms with Gasteiger partial charge in [0.1, 0.15) is 0 Å². The van der Waals surface area contributed by atoms with Gasteiger partial charge >= 0.3 is 0 Å². The molecule has 0 heterocycles. The molecule has 2 atom stereocenters. The molecule has 0 bridgehead atoms. The number of benzene rings is 2. The molecule has 2 N–H and O–H groups in total. The van der Waals surface area contributed by atoms with Gasteiger partial charge < -0.3 is 10.4 Å². The third-order valence-electron chi connectivity index (χ3n) is 3.26. The Morgan fingerprint density at radius 2 is 1.80 bits per heavy atom. The largest absolute Gasteiger partial charge is 0.394 e. The average Bonchev–Trinajstić information content (AvgIpc) is 2.45. The van der Waals surface area contributed by atoms with Crippen molar-refractivity contribution in [2.45, 2.75) is 19.0 Å². The number of hydrogen-bond acceptors (Lipinski definition) is 2. The first kappa shape index (κ1) is 15.7. The molecule has 2 unspecified atom stereocenters. The normalized spacial score (nSPS) is 14.0. The smallest absolute Gasteiger partial charge is 0.0626 e. The zero-order valence-electron chi connectivity index (χ0n) is 11.2. The maximum atomic E-state index is 9.61. The minimum Gasteiger partial charge on any atom is -0.394 e. The van der Waals surface area contributed by atoms with Crippen LogP contribution in [0.15, 0.2) is 57.5 Å². The molecule has 0 spiro atoms. The van der Waals surface area contributed by atoms with Gasteiger partial charge in [-0.05, 0) is 30.2 Å². The van der Waals surface area contributed by atoms with Crippen molar-refractivity contribution in [3.05, 3.63) is 68.6 Å². The van der Waals surface area contributed by atoms with Gasteiger partial charge in [-0.3, -0.25) is 0 Å². The zero-order valence-corrected chi connectivity index (χ0v) is 14.4. The first-order valence-corrected chi connectivity index (χ1v) is 8.07. The van der Waals surface area contributed by atoms with Crippen LogP contribution in [0.5, 0.6) is 0 Å². The van der Waals surface area contributed by atoms with E-state index in [1.165, 1.54) is 5.56 Å². The Balaban J connectivity index is 2.15. The summed E-state index contributed by atoms with van der Waals surface area (Å²) in [4.78, 5) is 0. The van der Waals surface area contributed by atoms with Crippen molar-refractivity contribution in [1.82, 2.24) is 5.32 Å². The maximum Gasteiger partial charge on any atom is 0.0626 e. The van der Waals surface area contributed by atoms with Gasteiger partial charge in [0.25, 0.3) is 0 Å². The molecule has 2 aromatic carbocycles. The molecule has 0 radical (unpaired) electrons. The van der Waals surface area contributed by atoms with Crippen molar-refractivity contribution in [3.63, 3.8) is 0 Å². The van der Waals surface area contributed by atoms with Gasteiger partial charge in [0.2, 0.25) is 0 Å². The Morgan fingerprint density at radius 3 is 2.40 bits per heavy atom. The minimum atomic E-state index is -0.0678. The van der Waals surface area contributed by atoms with Crippen LogP contribution in [0.2, 0.25) is 0 Å². The van der Waals surface area contributed by atoms with Crippen LogP contribution in [-0.4, -0.2) is 11.7 Å². The van der Waals surface area contributed by atoms with Crippen LogP contribution < -0.4 is 5.32 Å². The van der Waals surface area contributed by atoms with Gasteiger partial charge in [-0.2, -0.15) is 0 Å². The summed E-state index contributed by atoms with van der Waals surface area (Å²) in [7, 11) is 0. The van der Waals surface area contributed by atoms with E-state index in [1.807, 2.05) is 42.5 Å². The Hall–Kier alpha value is -0.680. The monoisotopic (exact) mass is 397 g/mol. The van der Waals surface area contributed by atoms with E-state index in [-0.39, 0.29) is 18.7 Å². The third kappa shape index (κ3) is 3.92. The van der Waals surface area contributed by atoms with Crippen LogP contribution in [-0.2, 0) is 0 Å². The van der Waals surface area contributed by atoms with Gasteiger partial charge in [-0.15, -0.1) is 0 Å². The number of halogens is 2. The quantitative estimate of drug-likeness (QED) is 0.771. The Kier molecular flexibility index (Phi) is 5.78. The molecule has 0 saturated carbocycles. The second-order valence-electron chi connectivity index (χ2n) is 4.70. The van der Waals surface area contributed by atoms with E-state index in [9.17, 15) is 5.11 Å². The third-order valence-corrected chi connectivity index (χ3v) is 4.44. The Bertz CT molecular complexity index is 560. The molecule has 0 fully saturated rings. The molecule has 4 heteroatoms. The van der Waals surface area contributed by atoms with E-state index < -0.39 is 0 Å². The summed E-state index contributed by atoms with van der Waals surface area (Å²) in [6.07, 6.45) is 0. The lowest BCUT2D eigenvalue weighted by Gasteiger charge is -2.23. The molecule has 0 aliphatic rings. The van der Waals surface area contributed by atoms with E-state index in [4.69, 9.17) is 0 Å². The van der Waals surface area contributed by atoms with Crippen molar-refractivity contribution in [2.75, 3.05) is 6.61 Å². The standard InChI is InChI=1S/C16H17Br2NO/c1-11(14-8-7-13(17)9-15(14)18)19-16(10-20)12-5-3-2-4-6-12/h2-9,11,16,19-20H,10H2,1H3. The molecule has 0 amide bonds. The first-order chi connectivity index (χ1) is 9.61. The molecule has 0 aromatic heterocycles. The molecule has 20 heavy (non-hydrogen) atoms. The Morgan fingerprint density at radius 1 is 1.10 bits per heavy atom. The van der Waals surface area contributed by atoms with Crippen LogP contribution in [0.4, 0.5) is 0 Å². The summed E-state index contributed by atoms with van der Waals surface area (Å²) in [6, 6.07) is 16.2. The molecular formula is C16H17Br2NO. The van der Waals surface area contributed by atoms with Crippen LogP contribution >= 0.6 is 31.9 Å². The summed E-state index contributed by atoms with van der Waals surface area (Å²) in [5.41, 5.74) is 2.26. The van der Waals surface area contributed by atoms with Crippen molar-refractivity contribution in [2.24, 2.45) is 0 Å². The van der Waals surface area contributed by atoms with Crippen LogP contribution in [0.3, 0.4) is 0 Å². The van der Waals surface area contributed by atoms with Crippen molar-refractivity contribution in [3.8, 4) is 0 Å². The lowest BCUT2D eigenvalue weighted by Crippen LogP contribution is -2.27. The predicted molar refractivity (Wildman–Crippen MR) is 89.7 cm³/mol.